The van der Waals surface area contributed by atoms with Gasteiger partial charge in [0.25, 0.3) is 10.0 Å². The van der Waals surface area contributed by atoms with Gasteiger partial charge in [-0.15, -0.1) is 11.3 Å². The number of carbonyl (C=O) groups excluding carboxylic acids is 1. The predicted molar refractivity (Wildman–Crippen MR) is 120 cm³/mol. The topological polar surface area (TPSA) is 97.7 Å². The van der Waals surface area contributed by atoms with Gasteiger partial charge in [0, 0.05) is 34.5 Å². The van der Waals surface area contributed by atoms with Gasteiger partial charge >= 0.3 is 5.97 Å². The molecule has 0 amide bonds. The van der Waals surface area contributed by atoms with Gasteiger partial charge in [-0.05, 0) is 30.7 Å². The number of sulfonamides is 1. The van der Waals surface area contributed by atoms with Crippen LogP contribution >= 0.6 is 22.9 Å². The molecule has 4 rings (SSSR count). The lowest BCUT2D eigenvalue weighted by Crippen LogP contribution is -2.22. The van der Waals surface area contributed by atoms with Crippen LogP contribution in [0.3, 0.4) is 0 Å². The molecule has 0 atom stereocenters. The molecule has 0 bridgehead atoms. The molecular weight excluding hydrogens is 458 g/mol. The van der Waals surface area contributed by atoms with Crippen molar-refractivity contribution in [3.05, 3.63) is 70.2 Å². The van der Waals surface area contributed by atoms with Crippen LogP contribution in [-0.2, 0) is 26.2 Å². The third kappa shape index (κ3) is 5.12. The zero-order chi connectivity index (χ0) is 21.8. The lowest BCUT2D eigenvalue weighted by Gasteiger charge is -2.03. The summed E-state index contributed by atoms with van der Waals surface area (Å²) in [6.07, 6.45) is 0.624. The zero-order valence-electron chi connectivity index (χ0n) is 16.2. The minimum Gasteiger partial charge on any atom is -0.459 e. The van der Waals surface area contributed by atoms with Gasteiger partial charge in [-0.3, -0.25) is 14.5 Å². The fourth-order valence-electron chi connectivity index (χ4n) is 2.99. The van der Waals surface area contributed by atoms with E-state index in [4.69, 9.17) is 16.3 Å². The Balaban J connectivity index is 1.25. The van der Waals surface area contributed by atoms with Crippen LogP contribution in [0.25, 0.3) is 10.6 Å². The van der Waals surface area contributed by atoms with Gasteiger partial charge in [-0.25, -0.2) is 13.4 Å². The van der Waals surface area contributed by atoms with E-state index in [2.05, 4.69) is 14.7 Å². The van der Waals surface area contributed by atoms with E-state index in [0.717, 1.165) is 10.6 Å². The van der Waals surface area contributed by atoms with Gasteiger partial charge < -0.3 is 4.74 Å². The SMILES string of the molecule is O=C(CCCN=C1NS(=O)(=O)c2ccccc21)OCc1csc(-c2ccc(Cl)cc2)n1. The van der Waals surface area contributed by atoms with Gasteiger partial charge in [0.1, 0.15) is 17.5 Å². The van der Waals surface area contributed by atoms with Crippen molar-refractivity contribution in [1.29, 1.82) is 0 Å². The molecule has 31 heavy (non-hydrogen) atoms. The highest BCUT2D eigenvalue weighted by Crippen LogP contribution is 2.25. The average Bonchev–Trinajstić information content (AvgIpc) is 3.33. The number of rotatable bonds is 7. The average molecular weight is 476 g/mol. The van der Waals surface area contributed by atoms with E-state index < -0.39 is 10.0 Å². The molecule has 2 heterocycles. The van der Waals surface area contributed by atoms with Crippen LogP contribution in [0, 0.1) is 0 Å². The van der Waals surface area contributed by atoms with Gasteiger partial charge in [-0.2, -0.15) is 0 Å². The van der Waals surface area contributed by atoms with Crippen LogP contribution in [0.2, 0.25) is 5.02 Å². The maximum absolute atomic E-state index is 12.1. The molecule has 160 valence electrons. The lowest BCUT2D eigenvalue weighted by molar-refractivity contribution is -0.145. The number of esters is 1. The highest BCUT2D eigenvalue weighted by Gasteiger charge is 2.29. The number of aliphatic imine (C=N–C) groups is 1. The highest BCUT2D eigenvalue weighted by molar-refractivity contribution is 7.90. The van der Waals surface area contributed by atoms with Crippen molar-refractivity contribution < 1.29 is 17.9 Å². The summed E-state index contributed by atoms with van der Waals surface area (Å²) in [6, 6.07) is 14.0. The van der Waals surface area contributed by atoms with Gasteiger partial charge in [0.05, 0.1) is 10.6 Å². The van der Waals surface area contributed by atoms with Crippen LogP contribution in [0.5, 0.6) is 0 Å². The summed E-state index contributed by atoms with van der Waals surface area (Å²) >= 11 is 7.37. The van der Waals surface area contributed by atoms with Gasteiger partial charge in [0.15, 0.2) is 0 Å². The number of hydrogen-bond acceptors (Lipinski definition) is 7. The first-order chi connectivity index (χ1) is 14.9. The molecule has 0 saturated heterocycles. The molecule has 3 aromatic rings. The summed E-state index contributed by atoms with van der Waals surface area (Å²) in [4.78, 5) is 21.0. The Bertz CT molecular complexity index is 1240. The Hall–Kier alpha value is -2.75. The monoisotopic (exact) mass is 475 g/mol. The number of nitrogens with zero attached hydrogens (tertiary/aromatic N) is 2. The van der Waals surface area contributed by atoms with E-state index in [1.807, 2.05) is 17.5 Å². The molecule has 7 nitrogen and oxygen atoms in total. The summed E-state index contributed by atoms with van der Waals surface area (Å²) in [6.45, 7) is 0.406. The fourth-order valence-corrected chi connectivity index (χ4v) is 5.18. The van der Waals surface area contributed by atoms with E-state index in [9.17, 15) is 13.2 Å². The molecule has 1 aliphatic heterocycles. The Labute approximate surface area is 188 Å². The van der Waals surface area contributed by atoms with Crippen molar-refractivity contribution in [2.75, 3.05) is 6.54 Å². The second-order valence-corrected chi connectivity index (χ2v) is 9.69. The summed E-state index contributed by atoms with van der Waals surface area (Å²) in [5.41, 5.74) is 2.18. The molecule has 0 saturated carbocycles. The van der Waals surface area contributed by atoms with Crippen LogP contribution in [-0.4, -0.2) is 31.8 Å². The lowest BCUT2D eigenvalue weighted by atomic mass is 10.2. The Kier molecular flexibility index (Phi) is 6.35. The quantitative estimate of drug-likeness (QED) is 0.411. The van der Waals surface area contributed by atoms with E-state index in [1.165, 1.54) is 17.4 Å². The largest absolute Gasteiger partial charge is 0.459 e. The number of hydrogen-bond donors (Lipinski definition) is 1. The minimum atomic E-state index is -3.55. The van der Waals surface area contributed by atoms with Crippen molar-refractivity contribution in [1.82, 2.24) is 9.71 Å². The Morgan fingerprint density at radius 2 is 1.94 bits per heavy atom. The summed E-state index contributed by atoms with van der Waals surface area (Å²) in [5.74, 6) is -0.0465. The number of amidine groups is 1. The van der Waals surface area contributed by atoms with Crippen molar-refractivity contribution in [3.8, 4) is 10.6 Å². The number of nitrogens with one attached hydrogen (secondary N) is 1. The molecule has 1 N–H and O–H groups in total. The van der Waals surface area contributed by atoms with Crippen LogP contribution in [0.1, 0.15) is 24.1 Å². The first-order valence-corrected chi connectivity index (χ1v) is 12.2. The number of benzene rings is 2. The number of fused-ring (bicyclic) bond motifs is 1. The Morgan fingerprint density at radius 3 is 2.74 bits per heavy atom. The molecule has 1 aromatic heterocycles. The van der Waals surface area contributed by atoms with Crippen molar-refractivity contribution >= 4 is 44.8 Å². The second kappa shape index (κ2) is 9.17. The fraction of sp³-hybridized carbons (Fsp3) is 0.190. The summed E-state index contributed by atoms with van der Waals surface area (Å²) < 4.78 is 31.8. The zero-order valence-corrected chi connectivity index (χ0v) is 18.6. The number of thiazole rings is 1. The molecule has 0 unspecified atom stereocenters. The second-order valence-electron chi connectivity index (χ2n) is 6.75. The molecule has 0 aliphatic carbocycles. The molecule has 2 aromatic carbocycles. The minimum absolute atomic E-state index is 0.102. The van der Waals surface area contributed by atoms with Crippen molar-refractivity contribution in [3.63, 3.8) is 0 Å². The van der Waals surface area contributed by atoms with Crippen molar-refractivity contribution in [2.45, 2.75) is 24.3 Å². The summed E-state index contributed by atoms with van der Waals surface area (Å²) in [7, 11) is -3.55. The van der Waals surface area contributed by atoms with Crippen LogP contribution in [0.15, 0.2) is 63.8 Å². The normalized spacial score (nSPS) is 15.5. The van der Waals surface area contributed by atoms with Crippen molar-refractivity contribution in [2.24, 2.45) is 4.99 Å². The van der Waals surface area contributed by atoms with Crippen LogP contribution < -0.4 is 4.72 Å². The molecule has 1 aliphatic rings. The molecule has 0 fully saturated rings. The Morgan fingerprint density at radius 1 is 1.16 bits per heavy atom. The molecule has 0 spiro atoms. The highest BCUT2D eigenvalue weighted by atomic mass is 35.5. The van der Waals surface area contributed by atoms with Gasteiger partial charge in [-0.1, -0.05) is 35.9 Å². The molecular formula is C21H18ClN3O4S2. The summed E-state index contributed by atoms with van der Waals surface area (Å²) in [5, 5.41) is 3.35. The first-order valence-electron chi connectivity index (χ1n) is 9.45. The van der Waals surface area contributed by atoms with Crippen LogP contribution in [0.4, 0.5) is 0 Å². The van der Waals surface area contributed by atoms with E-state index >= 15 is 0 Å². The molecule has 0 radical (unpaired) electrons. The predicted octanol–water partition coefficient (Wildman–Crippen LogP) is 4.03. The smallest absolute Gasteiger partial charge is 0.306 e. The third-order valence-corrected chi connectivity index (χ3v) is 7.08. The van der Waals surface area contributed by atoms with E-state index in [0.29, 0.717) is 35.1 Å². The standard InChI is InChI=1S/C21H18ClN3O4S2/c22-15-9-7-14(8-10-15)21-24-16(13-30-21)12-29-19(26)6-3-11-23-20-17-4-1-2-5-18(17)31(27,28)25-20/h1-2,4-5,7-10,13H,3,6,11-12H2,(H,23,25). The van der Waals surface area contributed by atoms with E-state index in [1.54, 1.807) is 30.3 Å². The first kappa shape index (κ1) is 21.5. The number of ether oxygens (including phenoxy) is 1. The maximum atomic E-state index is 12.1. The number of halogens is 1. The van der Waals surface area contributed by atoms with E-state index in [-0.39, 0.29) is 23.9 Å². The van der Waals surface area contributed by atoms with Gasteiger partial charge in [0.2, 0.25) is 0 Å². The third-order valence-electron chi connectivity index (χ3n) is 4.50. The maximum Gasteiger partial charge on any atom is 0.306 e. The molecule has 10 heteroatoms. The number of aromatic nitrogens is 1. The number of carbonyl (C=O) groups is 1.